The Morgan fingerprint density at radius 2 is 1.96 bits per heavy atom. The molecule has 1 N–H and O–H groups in total. The standard InChI is InChI=1S/C18H23ClN4O/c1-4-6-8-15(24)18-14(11-16(19)22-23-18)21-17-10-12(3)9-13(20-17)7-5-2/h9-11H,4-8H2,1-3H3,(H,20,21,22). The molecule has 0 aliphatic carbocycles. The molecule has 0 radical (unpaired) electrons. The Balaban J connectivity index is 2.31. The lowest BCUT2D eigenvalue weighted by Crippen LogP contribution is -2.09. The maximum Gasteiger partial charge on any atom is 0.185 e. The summed E-state index contributed by atoms with van der Waals surface area (Å²) in [5.74, 6) is 0.650. The van der Waals surface area contributed by atoms with Crippen LogP contribution in [0.25, 0.3) is 0 Å². The van der Waals surface area contributed by atoms with Crippen molar-refractivity contribution in [2.45, 2.75) is 52.9 Å². The quantitative estimate of drug-likeness (QED) is 0.688. The van der Waals surface area contributed by atoms with Crippen LogP contribution in [0.1, 0.15) is 61.3 Å². The molecule has 0 amide bonds. The van der Waals surface area contributed by atoms with Gasteiger partial charge in [-0.3, -0.25) is 4.79 Å². The highest BCUT2D eigenvalue weighted by atomic mass is 35.5. The maximum atomic E-state index is 12.4. The fraction of sp³-hybridized carbons (Fsp3) is 0.444. The van der Waals surface area contributed by atoms with Crippen LogP contribution in [-0.4, -0.2) is 21.0 Å². The molecule has 0 saturated heterocycles. The van der Waals surface area contributed by atoms with Crippen molar-refractivity contribution in [3.63, 3.8) is 0 Å². The van der Waals surface area contributed by atoms with E-state index in [1.807, 2.05) is 19.9 Å². The monoisotopic (exact) mass is 346 g/mol. The minimum atomic E-state index is -0.0371. The minimum absolute atomic E-state index is 0.0371. The third-order valence-electron chi connectivity index (χ3n) is 3.58. The summed E-state index contributed by atoms with van der Waals surface area (Å²) < 4.78 is 0. The maximum absolute atomic E-state index is 12.4. The zero-order valence-electron chi connectivity index (χ0n) is 14.4. The van der Waals surface area contributed by atoms with Crippen LogP contribution in [0.3, 0.4) is 0 Å². The molecule has 0 spiro atoms. The van der Waals surface area contributed by atoms with Gasteiger partial charge in [0.15, 0.2) is 16.6 Å². The van der Waals surface area contributed by atoms with Crippen LogP contribution in [-0.2, 0) is 6.42 Å². The number of unbranched alkanes of at least 4 members (excludes halogenated alkanes) is 1. The van der Waals surface area contributed by atoms with Crippen molar-refractivity contribution in [2.24, 2.45) is 0 Å². The van der Waals surface area contributed by atoms with E-state index in [2.05, 4.69) is 33.5 Å². The van der Waals surface area contributed by atoms with E-state index in [0.29, 0.717) is 23.6 Å². The van der Waals surface area contributed by atoms with Gasteiger partial charge in [-0.15, -0.1) is 10.2 Å². The largest absolute Gasteiger partial charge is 0.338 e. The first-order chi connectivity index (χ1) is 11.5. The number of nitrogens with one attached hydrogen (secondary N) is 1. The fourth-order valence-corrected chi connectivity index (χ4v) is 2.60. The molecule has 0 fully saturated rings. The number of hydrogen-bond acceptors (Lipinski definition) is 5. The summed E-state index contributed by atoms with van der Waals surface area (Å²) in [5, 5.41) is 11.2. The van der Waals surface area contributed by atoms with Gasteiger partial charge in [0.2, 0.25) is 0 Å². The predicted octanol–water partition coefficient (Wildman–Crippen LogP) is 4.90. The highest BCUT2D eigenvalue weighted by Gasteiger charge is 2.15. The van der Waals surface area contributed by atoms with Gasteiger partial charge in [-0.2, -0.15) is 0 Å². The topological polar surface area (TPSA) is 67.8 Å². The molecule has 24 heavy (non-hydrogen) atoms. The third-order valence-corrected chi connectivity index (χ3v) is 3.76. The third kappa shape index (κ3) is 4.99. The summed E-state index contributed by atoms with van der Waals surface area (Å²) in [6, 6.07) is 5.63. The Kier molecular flexibility index (Phi) is 6.67. The lowest BCUT2D eigenvalue weighted by atomic mass is 10.1. The highest BCUT2D eigenvalue weighted by Crippen LogP contribution is 2.23. The van der Waals surface area contributed by atoms with Gasteiger partial charge in [-0.25, -0.2) is 4.98 Å². The number of aryl methyl sites for hydroxylation is 2. The molecule has 0 bridgehead atoms. The van der Waals surface area contributed by atoms with Gasteiger partial charge in [0.25, 0.3) is 0 Å². The van der Waals surface area contributed by atoms with Crippen molar-refractivity contribution in [1.29, 1.82) is 0 Å². The zero-order valence-corrected chi connectivity index (χ0v) is 15.2. The number of nitrogens with zero attached hydrogens (tertiary/aromatic N) is 3. The second-order valence-corrected chi connectivity index (χ2v) is 6.24. The van der Waals surface area contributed by atoms with E-state index in [1.165, 1.54) is 0 Å². The summed E-state index contributed by atoms with van der Waals surface area (Å²) in [5.41, 5.74) is 3.00. The number of anilines is 2. The SMILES string of the molecule is CCCCC(=O)c1nnc(Cl)cc1Nc1cc(C)cc(CCC)n1. The molecule has 0 aromatic carbocycles. The molecule has 0 unspecified atom stereocenters. The van der Waals surface area contributed by atoms with Crippen LogP contribution in [0.4, 0.5) is 11.5 Å². The second-order valence-electron chi connectivity index (χ2n) is 5.85. The van der Waals surface area contributed by atoms with Crippen molar-refractivity contribution in [3.8, 4) is 0 Å². The van der Waals surface area contributed by atoms with Gasteiger partial charge in [-0.05, 0) is 37.5 Å². The molecule has 0 atom stereocenters. The molecule has 0 aliphatic rings. The van der Waals surface area contributed by atoms with E-state index in [1.54, 1.807) is 6.07 Å². The average molecular weight is 347 g/mol. The van der Waals surface area contributed by atoms with E-state index in [4.69, 9.17) is 11.6 Å². The van der Waals surface area contributed by atoms with Gasteiger partial charge < -0.3 is 5.32 Å². The van der Waals surface area contributed by atoms with Crippen molar-refractivity contribution < 1.29 is 4.79 Å². The normalized spacial score (nSPS) is 10.7. The number of aromatic nitrogens is 3. The average Bonchev–Trinajstić information content (AvgIpc) is 2.52. The Morgan fingerprint density at radius 3 is 2.67 bits per heavy atom. The molecule has 0 aliphatic heterocycles. The number of carbonyl (C=O) groups is 1. The summed E-state index contributed by atoms with van der Waals surface area (Å²) >= 11 is 5.96. The number of ketones is 1. The summed E-state index contributed by atoms with van der Waals surface area (Å²) in [7, 11) is 0. The number of hydrogen-bond donors (Lipinski definition) is 1. The molecule has 6 heteroatoms. The first-order valence-corrected chi connectivity index (χ1v) is 8.72. The van der Waals surface area contributed by atoms with Crippen molar-refractivity contribution in [1.82, 2.24) is 15.2 Å². The van der Waals surface area contributed by atoms with Crippen LogP contribution in [0, 0.1) is 6.92 Å². The Morgan fingerprint density at radius 1 is 1.17 bits per heavy atom. The predicted molar refractivity (Wildman–Crippen MR) is 97.1 cm³/mol. The highest BCUT2D eigenvalue weighted by molar-refractivity contribution is 6.29. The Hall–Kier alpha value is -2.01. The van der Waals surface area contributed by atoms with Gasteiger partial charge in [0.05, 0.1) is 5.69 Å². The van der Waals surface area contributed by atoms with Crippen molar-refractivity contribution >= 4 is 28.9 Å². The summed E-state index contributed by atoms with van der Waals surface area (Å²) in [6.07, 6.45) is 4.17. The van der Waals surface area contributed by atoms with Gasteiger partial charge in [-0.1, -0.05) is 38.3 Å². The van der Waals surface area contributed by atoms with Gasteiger partial charge in [0.1, 0.15) is 5.82 Å². The number of carbonyl (C=O) groups excluding carboxylic acids is 1. The van der Waals surface area contributed by atoms with Crippen LogP contribution in [0.5, 0.6) is 0 Å². The van der Waals surface area contributed by atoms with Crippen LogP contribution in [0.2, 0.25) is 5.15 Å². The molecule has 0 saturated carbocycles. The molecule has 2 heterocycles. The van der Waals surface area contributed by atoms with Crippen LogP contribution >= 0.6 is 11.6 Å². The van der Waals surface area contributed by atoms with Crippen molar-refractivity contribution in [3.05, 3.63) is 40.3 Å². The lowest BCUT2D eigenvalue weighted by Gasteiger charge is -2.11. The summed E-state index contributed by atoms with van der Waals surface area (Å²) in [4.78, 5) is 17.0. The zero-order chi connectivity index (χ0) is 17.5. The van der Waals surface area contributed by atoms with Gasteiger partial charge >= 0.3 is 0 Å². The molecular weight excluding hydrogens is 324 g/mol. The first-order valence-electron chi connectivity index (χ1n) is 8.34. The molecule has 2 aromatic heterocycles. The second kappa shape index (κ2) is 8.73. The fourth-order valence-electron chi connectivity index (χ4n) is 2.45. The molecule has 5 nitrogen and oxygen atoms in total. The number of rotatable bonds is 8. The van der Waals surface area contributed by atoms with Crippen molar-refractivity contribution in [2.75, 3.05) is 5.32 Å². The Bertz CT molecular complexity index is 718. The number of Topliss-reactive ketones (excluding diaryl/α,β-unsaturated/α-hetero) is 1. The summed E-state index contributed by atoms with van der Waals surface area (Å²) in [6.45, 7) is 6.19. The molecule has 2 aromatic rings. The lowest BCUT2D eigenvalue weighted by molar-refractivity contribution is 0.0975. The number of pyridine rings is 1. The molecule has 128 valence electrons. The van der Waals surface area contributed by atoms with E-state index in [9.17, 15) is 4.79 Å². The van der Waals surface area contributed by atoms with E-state index < -0.39 is 0 Å². The van der Waals surface area contributed by atoms with Crippen LogP contribution < -0.4 is 5.32 Å². The molecular formula is C18H23ClN4O. The first kappa shape index (κ1) is 18.3. The van der Waals surface area contributed by atoms with Gasteiger partial charge in [0, 0.05) is 18.2 Å². The van der Waals surface area contributed by atoms with E-state index >= 15 is 0 Å². The minimum Gasteiger partial charge on any atom is -0.338 e. The van der Waals surface area contributed by atoms with Crippen LogP contribution in [0.15, 0.2) is 18.2 Å². The van der Waals surface area contributed by atoms with E-state index in [-0.39, 0.29) is 10.9 Å². The Labute approximate surface area is 147 Å². The molecule has 2 rings (SSSR count). The van der Waals surface area contributed by atoms with E-state index in [0.717, 1.165) is 36.9 Å². The number of halogens is 1. The smallest absolute Gasteiger partial charge is 0.185 e.